The molecule has 0 N–H and O–H groups in total. The highest BCUT2D eigenvalue weighted by Gasteiger charge is 2.25. The molecule has 1 fully saturated rings. The number of hydrogen-bond acceptors (Lipinski definition) is 2. The predicted octanol–water partition coefficient (Wildman–Crippen LogP) is 3.09. The van der Waals surface area contributed by atoms with Gasteiger partial charge in [-0.2, -0.15) is 0 Å². The minimum atomic E-state index is 0.429. The van der Waals surface area contributed by atoms with Gasteiger partial charge in [0.25, 0.3) is 0 Å². The summed E-state index contributed by atoms with van der Waals surface area (Å²) in [5.41, 5.74) is 2.41. The highest BCUT2D eigenvalue weighted by Crippen LogP contribution is 2.41. The fourth-order valence-corrected chi connectivity index (χ4v) is 1.71. The summed E-state index contributed by atoms with van der Waals surface area (Å²) < 4.78 is 5.36. The third-order valence-electron chi connectivity index (χ3n) is 2.72. The van der Waals surface area contributed by atoms with E-state index >= 15 is 0 Å². The van der Waals surface area contributed by atoms with Crippen LogP contribution in [0.5, 0.6) is 5.75 Å². The maximum Gasteiger partial charge on any atom is 0.140 e. The van der Waals surface area contributed by atoms with Crippen LogP contribution in [0.2, 0.25) is 0 Å². The number of rotatable bonds is 3. The molecule has 2 heteroatoms. The van der Waals surface area contributed by atoms with Gasteiger partial charge in [-0.25, -0.2) is 0 Å². The molecule has 1 aliphatic rings. The van der Waals surface area contributed by atoms with Crippen LogP contribution in [0.4, 0.5) is 0 Å². The van der Waals surface area contributed by atoms with Crippen LogP contribution in [-0.2, 0) is 0 Å². The van der Waals surface area contributed by atoms with Crippen LogP contribution in [0, 0.1) is 0 Å². The molecule has 0 radical (unpaired) electrons. The van der Waals surface area contributed by atoms with E-state index in [4.69, 9.17) is 4.74 Å². The van der Waals surface area contributed by atoms with Crippen molar-refractivity contribution in [2.75, 3.05) is 7.11 Å². The number of pyridine rings is 1. The third kappa shape index (κ3) is 1.74. The SMILES string of the molecule is COc1cc(C2CC2)cnc1C(C)C. The summed E-state index contributed by atoms with van der Waals surface area (Å²) in [6.45, 7) is 4.28. The molecule has 1 saturated carbocycles. The second-order valence-corrected chi connectivity index (χ2v) is 4.29. The summed E-state index contributed by atoms with van der Waals surface area (Å²) in [5, 5.41) is 0. The van der Waals surface area contributed by atoms with E-state index in [-0.39, 0.29) is 0 Å². The fraction of sp³-hybridized carbons (Fsp3) is 0.583. The molecular weight excluding hydrogens is 174 g/mol. The van der Waals surface area contributed by atoms with E-state index < -0.39 is 0 Å². The van der Waals surface area contributed by atoms with Crippen molar-refractivity contribution in [3.05, 3.63) is 23.5 Å². The van der Waals surface area contributed by atoms with Gasteiger partial charge in [0.05, 0.1) is 12.8 Å². The Labute approximate surface area is 85.3 Å². The number of hydrogen-bond donors (Lipinski definition) is 0. The first-order valence-electron chi connectivity index (χ1n) is 5.26. The van der Waals surface area contributed by atoms with Crippen molar-refractivity contribution >= 4 is 0 Å². The van der Waals surface area contributed by atoms with Gasteiger partial charge < -0.3 is 4.74 Å². The summed E-state index contributed by atoms with van der Waals surface area (Å²) in [5.74, 6) is 2.13. The van der Waals surface area contributed by atoms with Crippen molar-refractivity contribution < 1.29 is 4.74 Å². The lowest BCUT2D eigenvalue weighted by Gasteiger charge is -2.11. The van der Waals surface area contributed by atoms with Gasteiger partial charge in [0.15, 0.2) is 0 Å². The Morgan fingerprint density at radius 3 is 2.64 bits per heavy atom. The molecule has 0 unspecified atom stereocenters. The van der Waals surface area contributed by atoms with Crippen LogP contribution >= 0.6 is 0 Å². The van der Waals surface area contributed by atoms with E-state index in [1.165, 1.54) is 18.4 Å². The highest BCUT2D eigenvalue weighted by atomic mass is 16.5. The van der Waals surface area contributed by atoms with Crippen LogP contribution in [0.25, 0.3) is 0 Å². The molecule has 1 aromatic rings. The minimum absolute atomic E-state index is 0.429. The highest BCUT2D eigenvalue weighted by molar-refractivity contribution is 5.36. The topological polar surface area (TPSA) is 22.1 Å². The molecule has 0 aliphatic heterocycles. The molecule has 0 bridgehead atoms. The maximum absolute atomic E-state index is 5.36. The molecule has 2 rings (SSSR count). The van der Waals surface area contributed by atoms with E-state index in [0.29, 0.717) is 5.92 Å². The average Bonchev–Trinajstić information content (AvgIpc) is 3.00. The maximum atomic E-state index is 5.36. The Balaban J connectivity index is 2.33. The van der Waals surface area contributed by atoms with Crippen molar-refractivity contribution in [3.63, 3.8) is 0 Å². The Morgan fingerprint density at radius 2 is 2.14 bits per heavy atom. The van der Waals surface area contributed by atoms with E-state index in [0.717, 1.165) is 17.4 Å². The molecule has 76 valence electrons. The van der Waals surface area contributed by atoms with Gasteiger partial charge in [0, 0.05) is 6.20 Å². The monoisotopic (exact) mass is 191 g/mol. The van der Waals surface area contributed by atoms with Crippen LogP contribution < -0.4 is 4.74 Å². The zero-order valence-electron chi connectivity index (χ0n) is 9.08. The Morgan fingerprint density at radius 1 is 1.43 bits per heavy atom. The molecular formula is C12H17NO. The Hall–Kier alpha value is -1.05. The van der Waals surface area contributed by atoms with Crippen LogP contribution in [-0.4, -0.2) is 12.1 Å². The average molecular weight is 191 g/mol. The van der Waals surface area contributed by atoms with Gasteiger partial charge in [-0.1, -0.05) is 13.8 Å². The van der Waals surface area contributed by atoms with Crippen molar-refractivity contribution in [3.8, 4) is 5.75 Å². The molecule has 0 atom stereocenters. The molecule has 14 heavy (non-hydrogen) atoms. The van der Waals surface area contributed by atoms with E-state index in [2.05, 4.69) is 24.9 Å². The number of methoxy groups -OCH3 is 1. The van der Waals surface area contributed by atoms with Crippen molar-refractivity contribution in [2.24, 2.45) is 0 Å². The second kappa shape index (κ2) is 3.60. The standard InChI is InChI=1S/C12H17NO/c1-8(2)12-11(14-3)6-10(7-13-12)9-4-5-9/h6-9H,4-5H2,1-3H3. The summed E-state index contributed by atoms with van der Waals surface area (Å²) in [6.07, 6.45) is 4.63. The smallest absolute Gasteiger partial charge is 0.140 e. The summed E-state index contributed by atoms with van der Waals surface area (Å²) >= 11 is 0. The van der Waals surface area contributed by atoms with E-state index in [1.807, 2.05) is 6.20 Å². The lowest BCUT2D eigenvalue weighted by molar-refractivity contribution is 0.403. The summed E-state index contributed by atoms with van der Waals surface area (Å²) in [4.78, 5) is 4.49. The zero-order chi connectivity index (χ0) is 10.1. The first-order valence-corrected chi connectivity index (χ1v) is 5.26. The Bertz CT molecular complexity index is 329. The Kier molecular flexibility index (Phi) is 2.44. The normalized spacial score (nSPS) is 16.0. The fourth-order valence-electron chi connectivity index (χ4n) is 1.71. The predicted molar refractivity (Wildman–Crippen MR) is 56.9 cm³/mol. The molecule has 1 aliphatic carbocycles. The second-order valence-electron chi connectivity index (χ2n) is 4.29. The largest absolute Gasteiger partial charge is 0.495 e. The molecule has 0 amide bonds. The summed E-state index contributed by atoms with van der Waals surface area (Å²) in [7, 11) is 1.72. The van der Waals surface area contributed by atoms with Gasteiger partial charge in [0.1, 0.15) is 5.75 Å². The number of nitrogens with zero attached hydrogens (tertiary/aromatic N) is 1. The summed E-state index contributed by atoms with van der Waals surface area (Å²) in [6, 6.07) is 2.15. The quantitative estimate of drug-likeness (QED) is 0.732. The number of aromatic nitrogens is 1. The first-order chi connectivity index (χ1) is 6.72. The molecule has 0 saturated heterocycles. The van der Waals surface area contributed by atoms with Gasteiger partial charge in [-0.3, -0.25) is 4.98 Å². The van der Waals surface area contributed by atoms with Crippen molar-refractivity contribution in [1.29, 1.82) is 0 Å². The molecule has 0 aromatic carbocycles. The van der Waals surface area contributed by atoms with Crippen LogP contribution in [0.15, 0.2) is 12.3 Å². The zero-order valence-corrected chi connectivity index (χ0v) is 9.08. The van der Waals surface area contributed by atoms with Gasteiger partial charge in [0.2, 0.25) is 0 Å². The molecule has 1 heterocycles. The van der Waals surface area contributed by atoms with E-state index in [1.54, 1.807) is 7.11 Å². The van der Waals surface area contributed by atoms with Crippen molar-refractivity contribution in [1.82, 2.24) is 4.98 Å². The molecule has 2 nitrogen and oxygen atoms in total. The van der Waals surface area contributed by atoms with Crippen molar-refractivity contribution in [2.45, 2.75) is 38.5 Å². The van der Waals surface area contributed by atoms with Crippen LogP contribution in [0.3, 0.4) is 0 Å². The first kappa shape index (κ1) is 9.50. The lowest BCUT2D eigenvalue weighted by Crippen LogP contribution is -1.99. The lowest BCUT2D eigenvalue weighted by atomic mass is 10.1. The van der Waals surface area contributed by atoms with Gasteiger partial charge >= 0.3 is 0 Å². The van der Waals surface area contributed by atoms with Gasteiger partial charge in [-0.15, -0.1) is 0 Å². The molecule has 1 aromatic heterocycles. The molecule has 0 spiro atoms. The number of ether oxygens (including phenoxy) is 1. The van der Waals surface area contributed by atoms with Gasteiger partial charge in [-0.05, 0) is 36.3 Å². The third-order valence-corrected chi connectivity index (χ3v) is 2.72. The van der Waals surface area contributed by atoms with E-state index in [9.17, 15) is 0 Å². The minimum Gasteiger partial charge on any atom is -0.495 e. The van der Waals surface area contributed by atoms with Crippen LogP contribution in [0.1, 0.15) is 49.8 Å².